The molecule has 2 N–H and O–H groups in total. The van der Waals surface area contributed by atoms with Crippen LogP contribution in [0.4, 0.5) is 8.78 Å². The van der Waals surface area contributed by atoms with Crippen molar-refractivity contribution in [3.8, 4) is 10.6 Å². The van der Waals surface area contributed by atoms with Crippen LogP contribution in [0.25, 0.3) is 10.6 Å². The van der Waals surface area contributed by atoms with E-state index in [0.717, 1.165) is 23.0 Å². The minimum atomic E-state index is -4.17. The van der Waals surface area contributed by atoms with Crippen LogP contribution in [-0.4, -0.2) is 30.2 Å². The van der Waals surface area contributed by atoms with Gasteiger partial charge in [0.25, 0.3) is 10.0 Å². The van der Waals surface area contributed by atoms with E-state index in [0.29, 0.717) is 11.8 Å². The third-order valence-electron chi connectivity index (χ3n) is 4.90. The Morgan fingerprint density at radius 1 is 1.30 bits per heavy atom. The average molecular weight is 454 g/mol. The number of aromatic nitrogens is 1. The summed E-state index contributed by atoms with van der Waals surface area (Å²) in [6, 6.07) is 12.5. The van der Waals surface area contributed by atoms with Gasteiger partial charge in [-0.3, -0.25) is 4.79 Å². The number of carboxylic acids is 1. The molecule has 0 aliphatic heterocycles. The van der Waals surface area contributed by atoms with Crippen LogP contribution in [-0.2, 0) is 20.7 Å². The standard InChI is InChI=1S/C19H16F2N2O5S2/c1-18(20,21)15-9-13(22-28-15)14-7-8-16(29-14)30(26,27)23-19(17(24)25)10-12(19)11-5-3-2-4-6-11/h2-9,12,23H,10H2,1H3,(H,24,25)/t12-,19+/m1/s1. The molecule has 2 heterocycles. The highest BCUT2D eigenvalue weighted by Crippen LogP contribution is 2.52. The Morgan fingerprint density at radius 3 is 2.60 bits per heavy atom. The van der Waals surface area contributed by atoms with Crippen LogP contribution < -0.4 is 4.72 Å². The van der Waals surface area contributed by atoms with E-state index in [1.54, 1.807) is 30.3 Å². The predicted molar refractivity (Wildman–Crippen MR) is 104 cm³/mol. The lowest BCUT2D eigenvalue weighted by molar-refractivity contribution is -0.140. The summed E-state index contributed by atoms with van der Waals surface area (Å²) in [5.41, 5.74) is -0.833. The first-order valence-electron chi connectivity index (χ1n) is 8.80. The molecule has 0 amide bonds. The molecule has 3 aromatic rings. The van der Waals surface area contributed by atoms with E-state index in [1.807, 2.05) is 0 Å². The molecule has 2 aromatic heterocycles. The number of carbonyl (C=O) groups is 1. The van der Waals surface area contributed by atoms with Gasteiger partial charge in [0.05, 0.1) is 4.88 Å². The van der Waals surface area contributed by atoms with E-state index in [4.69, 9.17) is 0 Å². The molecule has 4 rings (SSSR count). The maximum atomic E-state index is 13.3. The van der Waals surface area contributed by atoms with Crippen molar-refractivity contribution in [2.45, 2.75) is 34.9 Å². The largest absolute Gasteiger partial charge is 0.480 e. The fourth-order valence-electron chi connectivity index (χ4n) is 3.23. The van der Waals surface area contributed by atoms with Gasteiger partial charge in [-0.15, -0.1) is 11.3 Å². The summed E-state index contributed by atoms with van der Waals surface area (Å²) >= 11 is 0.783. The fraction of sp³-hybridized carbons (Fsp3) is 0.263. The number of hydrogen-bond donors (Lipinski definition) is 2. The van der Waals surface area contributed by atoms with Crippen LogP contribution in [0.3, 0.4) is 0 Å². The molecule has 0 saturated heterocycles. The highest BCUT2D eigenvalue weighted by Gasteiger charge is 2.63. The number of nitrogens with one attached hydrogen (secondary N) is 1. The molecule has 2 atom stereocenters. The van der Waals surface area contributed by atoms with Crippen molar-refractivity contribution in [2.75, 3.05) is 0 Å². The molecule has 0 spiro atoms. The fourth-order valence-corrected chi connectivity index (χ4v) is 5.90. The molecule has 0 radical (unpaired) electrons. The Hall–Kier alpha value is -2.63. The summed E-state index contributed by atoms with van der Waals surface area (Å²) in [7, 11) is -4.17. The third-order valence-corrected chi connectivity index (χ3v) is 8.01. The van der Waals surface area contributed by atoms with Gasteiger partial charge < -0.3 is 9.63 Å². The van der Waals surface area contributed by atoms with E-state index in [2.05, 4.69) is 14.4 Å². The molecule has 11 heteroatoms. The minimum absolute atomic E-state index is 0.0690. The first kappa shape index (κ1) is 20.6. The smallest absolute Gasteiger partial charge is 0.325 e. The predicted octanol–water partition coefficient (Wildman–Crippen LogP) is 3.80. The van der Waals surface area contributed by atoms with Crippen molar-refractivity contribution < 1.29 is 31.6 Å². The zero-order chi connectivity index (χ0) is 21.7. The number of hydrogen-bond acceptors (Lipinski definition) is 6. The van der Waals surface area contributed by atoms with Gasteiger partial charge >= 0.3 is 11.9 Å². The van der Waals surface area contributed by atoms with Crippen LogP contribution in [0, 0.1) is 0 Å². The summed E-state index contributed by atoms with van der Waals surface area (Å²) in [5.74, 6) is -5.61. The maximum Gasteiger partial charge on any atom is 0.325 e. The second-order valence-electron chi connectivity index (χ2n) is 7.13. The minimum Gasteiger partial charge on any atom is -0.480 e. The molecule has 1 saturated carbocycles. The Kier molecular flexibility index (Phi) is 4.79. The number of benzene rings is 1. The SMILES string of the molecule is CC(F)(F)c1cc(-c2ccc(S(=O)(=O)N[C@@]3(C(=O)O)C[C@@H]3c3ccccc3)s2)no1. The lowest BCUT2D eigenvalue weighted by Crippen LogP contribution is -2.44. The van der Waals surface area contributed by atoms with Crippen LogP contribution in [0.1, 0.15) is 30.6 Å². The Morgan fingerprint density at radius 2 is 2.00 bits per heavy atom. The average Bonchev–Trinajstić information content (AvgIpc) is 3.05. The van der Waals surface area contributed by atoms with Gasteiger partial charge in [0, 0.05) is 18.9 Å². The topological polar surface area (TPSA) is 110 Å². The van der Waals surface area contributed by atoms with Crippen LogP contribution in [0.2, 0.25) is 0 Å². The number of nitrogens with zero attached hydrogens (tertiary/aromatic N) is 1. The normalized spacial score (nSPS) is 21.5. The highest BCUT2D eigenvalue weighted by molar-refractivity contribution is 7.91. The van der Waals surface area contributed by atoms with E-state index in [9.17, 15) is 27.1 Å². The van der Waals surface area contributed by atoms with Gasteiger partial charge in [0.2, 0.25) is 5.76 Å². The van der Waals surface area contributed by atoms with E-state index < -0.39 is 39.1 Å². The number of alkyl halides is 2. The van der Waals surface area contributed by atoms with Crippen molar-refractivity contribution in [1.29, 1.82) is 0 Å². The molecule has 1 aliphatic rings. The van der Waals surface area contributed by atoms with Gasteiger partial charge in [0.15, 0.2) is 0 Å². The van der Waals surface area contributed by atoms with E-state index >= 15 is 0 Å². The molecule has 30 heavy (non-hydrogen) atoms. The van der Waals surface area contributed by atoms with E-state index in [1.165, 1.54) is 12.1 Å². The molecule has 0 unspecified atom stereocenters. The van der Waals surface area contributed by atoms with Crippen LogP contribution >= 0.6 is 11.3 Å². The molecule has 158 valence electrons. The molecule has 1 aliphatic carbocycles. The number of halogens is 2. The first-order chi connectivity index (χ1) is 14.0. The molecule has 1 aromatic carbocycles. The summed E-state index contributed by atoms with van der Waals surface area (Å²) in [4.78, 5) is 12.2. The van der Waals surface area contributed by atoms with Crippen molar-refractivity contribution in [1.82, 2.24) is 9.88 Å². The second-order valence-corrected chi connectivity index (χ2v) is 10.1. The number of rotatable bonds is 7. The van der Waals surface area contributed by atoms with Gasteiger partial charge in [-0.1, -0.05) is 35.5 Å². The summed E-state index contributed by atoms with van der Waals surface area (Å²) in [6.07, 6.45) is 0.127. The van der Waals surface area contributed by atoms with Crippen molar-refractivity contribution >= 4 is 27.3 Å². The van der Waals surface area contributed by atoms with E-state index in [-0.39, 0.29) is 16.3 Å². The number of carboxylic acid groups (broad SMARTS) is 1. The van der Waals surface area contributed by atoms with Crippen LogP contribution in [0.15, 0.2) is 57.3 Å². The Labute approximate surface area is 174 Å². The summed E-state index contributed by atoms with van der Waals surface area (Å²) < 4.78 is 59.2. The lowest BCUT2D eigenvalue weighted by atomic mass is 10.1. The maximum absolute atomic E-state index is 13.3. The molecule has 7 nitrogen and oxygen atoms in total. The first-order valence-corrected chi connectivity index (χ1v) is 11.1. The lowest BCUT2D eigenvalue weighted by Gasteiger charge is -2.14. The van der Waals surface area contributed by atoms with Crippen molar-refractivity contribution in [3.05, 3.63) is 59.9 Å². The highest BCUT2D eigenvalue weighted by atomic mass is 32.2. The molecular formula is C19H16F2N2O5S2. The Bertz CT molecular complexity index is 1200. The van der Waals surface area contributed by atoms with Crippen molar-refractivity contribution in [3.63, 3.8) is 0 Å². The second kappa shape index (κ2) is 6.96. The monoisotopic (exact) mass is 454 g/mol. The summed E-state index contributed by atoms with van der Waals surface area (Å²) in [6.45, 7) is 0.662. The Balaban J connectivity index is 1.59. The van der Waals surface area contributed by atoms with Crippen LogP contribution in [0.5, 0.6) is 0 Å². The van der Waals surface area contributed by atoms with Crippen molar-refractivity contribution in [2.24, 2.45) is 0 Å². The zero-order valence-electron chi connectivity index (χ0n) is 15.5. The van der Waals surface area contributed by atoms with Gasteiger partial charge in [-0.2, -0.15) is 13.5 Å². The quantitative estimate of drug-likeness (QED) is 0.562. The molecular weight excluding hydrogens is 438 g/mol. The molecule has 0 bridgehead atoms. The number of aliphatic carboxylic acids is 1. The zero-order valence-corrected chi connectivity index (χ0v) is 17.1. The molecule has 1 fully saturated rings. The van der Waals surface area contributed by atoms with Gasteiger partial charge in [-0.05, 0) is 24.1 Å². The third kappa shape index (κ3) is 3.64. The van der Waals surface area contributed by atoms with Gasteiger partial charge in [0.1, 0.15) is 15.4 Å². The number of thiophene rings is 1. The summed E-state index contributed by atoms with van der Waals surface area (Å²) in [5, 5.41) is 13.3. The van der Waals surface area contributed by atoms with Gasteiger partial charge in [-0.25, -0.2) is 8.42 Å². The number of sulfonamides is 1.